The largest absolute Gasteiger partial charge is 0.497 e. The summed E-state index contributed by atoms with van der Waals surface area (Å²) in [5.74, 6) is 2.31. The lowest BCUT2D eigenvalue weighted by Crippen LogP contribution is -2.43. The van der Waals surface area contributed by atoms with Crippen LogP contribution in [-0.2, 0) is 0 Å². The second-order valence-electron chi connectivity index (χ2n) is 6.29. The predicted molar refractivity (Wildman–Crippen MR) is 99.4 cm³/mol. The molecular formula is C20H23N2O3+. The molecule has 0 unspecified atom stereocenters. The van der Waals surface area contributed by atoms with Crippen LogP contribution in [0.1, 0.15) is 11.1 Å². The van der Waals surface area contributed by atoms with Crippen LogP contribution in [-0.4, -0.2) is 50.3 Å². The van der Waals surface area contributed by atoms with E-state index < -0.39 is 0 Å². The van der Waals surface area contributed by atoms with E-state index in [0.717, 1.165) is 34.0 Å². The maximum absolute atomic E-state index is 9.78. The monoisotopic (exact) mass is 339 g/mol. The van der Waals surface area contributed by atoms with Gasteiger partial charge in [0.1, 0.15) is 23.8 Å². The van der Waals surface area contributed by atoms with Crippen LogP contribution >= 0.6 is 0 Å². The van der Waals surface area contributed by atoms with E-state index in [-0.39, 0.29) is 6.61 Å². The SMILES string of the molecule is COc1ccc(C2=C(c3ccc(OC)cc3)[N+](C)(C)C(CO)=N2)cc1. The van der Waals surface area contributed by atoms with Crippen LogP contribution in [0.5, 0.6) is 11.5 Å². The first-order valence-electron chi connectivity index (χ1n) is 8.08. The van der Waals surface area contributed by atoms with Crippen molar-refractivity contribution in [2.45, 2.75) is 0 Å². The fourth-order valence-corrected chi connectivity index (χ4v) is 3.07. The van der Waals surface area contributed by atoms with Gasteiger partial charge < -0.3 is 14.6 Å². The van der Waals surface area contributed by atoms with Crippen molar-refractivity contribution >= 4 is 17.2 Å². The van der Waals surface area contributed by atoms with Gasteiger partial charge in [0.15, 0.2) is 5.70 Å². The number of rotatable bonds is 5. The molecule has 0 bridgehead atoms. The number of ether oxygens (including phenoxy) is 2. The summed E-state index contributed by atoms with van der Waals surface area (Å²) in [4.78, 5) is 4.73. The normalized spacial score (nSPS) is 16.0. The molecule has 0 aromatic heterocycles. The van der Waals surface area contributed by atoms with E-state index >= 15 is 0 Å². The van der Waals surface area contributed by atoms with Gasteiger partial charge in [-0.15, -0.1) is 0 Å². The zero-order chi connectivity index (χ0) is 18.0. The summed E-state index contributed by atoms with van der Waals surface area (Å²) in [6.07, 6.45) is 0. The Morgan fingerprint density at radius 2 is 1.32 bits per heavy atom. The number of benzene rings is 2. The first-order valence-corrected chi connectivity index (χ1v) is 8.08. The van der Waals surface area contributed by atoms with Crippen LogP contribution in [0.15, 0.2) is 53.5 Å². The van der Waals surface area contributed by atoms with Crippen molar-refractivity contribution in [1.29, 1.82) is 0 Å². The quantitative estimate of drug-likeness (QED) is 0.852. The third-order valence-corrected chi connectivity index (χ3v) is 4.54. The van der Waals surface area contributed by atoms with E-state index in [0.29, 0.717) is 10.3 Å². The fraction of sp³-hybridized carbons (Fsp3) is 0.250. The Balaban J connectivity index is 2.16. The smallest absolute Gasteiger partial charge is 0.234 e. The Kier molecular flexibility index (Phi) is 4.61. The number of aliphatic imine (C=N–C) groups is 1. The van der Waals surface area contributed by atoms with Crippen molar-refractivity contribution in [3.8, 4) is 11.5 Å². The molecule has 2 aromatic carbocycles. The summed E-state index contributed by atoms with van der Waals surface area (Å²) in [5, 5.41) is 9.78. The van der Waals surface area contributed by atoms with Crippen molar-refractivity contribution in [3.63, 3.8) is 0 Å². The van der Waals surface area contributed by atoms with Gasteiger partial charge in [-0.25, -0.2) is 4.48 Å². The molecule has 5 nitrogen and oxygen atoms in total. The number of aliphatic hydroxyl groups is 1. The van der Waals surface area contributed by atoms with Gasteiger partial charge in [0.2, 0.25) is 5.84 Å². The van der Waals surface area contributed by atoms with Gasteiger partial charge >= 0.3 is 0 Å². The fourth-order valence-electron chi connectivity index (χ4n) is 3.07. The summed E-state index contributed by atoms with van der Waals surface area (Å²) in [7, 11) is 7.37. The summed E-state index contributed by atoms with van der Waals surface area (Å²) >= 11 is 0. The van der Waals surface area contributed by atoms with Crippen LogP contribution in [0.4, 0.5) is 0 Å². The molecule has 1 aliphatic rings. The standard InChI is InChI=1S/C20H23N2O3/c1-22(2)18(13-23)21-19(14-5-9-16(24-3)10-6-14)20(22)15-7-11-17(25-4)12-8-15/h5-12,23H,13H2,1-4H3/q+1. The van der Waals surface area contributed by atoms with Crippen LogP contribution in [0.25, 0.3) is 11.4 Å². The molecule has 25 heavy (non-hydrogen) atoms. The van der Waals surface area contributed by atoms with Gasteiger partial charge in [0, 0.05) is 11.1 Å². The third kappa shape index (κ3) is 3.04. The van der Waals surface area contributed by atoms with Gasteiger partial charge in [0.25, 0.3) is 0 Å². The van der Waals surface area contributed by atoms with Crippen molar-refractivity contribution in [3.05, 3.63) is 59.7 Å². The molecule has 1 aliphatic heterocycles. The maximum Gasteiger partial charge on any atom is 0.234 e. The maximum atomic E-state index is 9.78. The van der Waals surface area contributed by atoms with Gasteiger partial charge in [0.05, 0.1) is 28.3 Å². The zero-order valence-corrected chi connectivity index (χ0v) is 15.0. The molecule has 0 spiro atoms. The second-order valence-corrected chi connectivity index (χ2v) is 6.29. The number of quaternary nitrogens is 1. The van der Waals surface area contributed by atoms with Crippen LogP contribution in [0.3, 0.4) is 0 Å². The minimum absolute atomic E-state index is 0.0910. The molecule has 0 amide bonds. The first kappa shape index (κ1) is 17.2. The van der Waals surface area contributed by atoms with E-state index in [1.807, 2.05) is 62.6 Å². The number of methoxy groups -OCH3 is 2. The van der Waals surface area contributed by atoms with Crippen LogP contribution in [0, 0.1) is 0 Å². The molecular weight excluding hydrogens is 316 g/mol. The van der Waals surface area contributed by atoms with E-state index in [4.69, 9.17) is 14.5 Å². The average Bonchev–Trinajstić information content (AvgIpc) is 2.92. The second kappa shape index (κ2) is 6.70. The Labute approximate surface area is 148 Å². The van der Waals surface area contributed by atoms with E-state index in [9.17, 15) is 5.11 Å². The molecule has 1 N–H and O–H groups in total. The molecule has 130 valence electrons. The molecule has 2 aromatic rings. The summed E-state index contributed by atoms with van der Waals surface area (Å²) < 4.78 is 10.9. The van der Waals surface area contributed by atoms with Crippen LogP contribution in [0.2, 0.25) is 0 Å². The van der Waals surface area contributed by atoms with Gasteiger partial charge in [-0.05, 0) is 48.5 Å². The van der Waals surface area contributed by atoms with Gasteiger partial charge in [-0.1, -0.05) is 0 Å². The minimum atomic E-state index is -0.0910. The predicted octanol–water partition coefficient (Wildman–Crippen LogP) is 3.01. The topological polar surface area (TPSA) is 51.0 Å². The number of hydrogen-bond acceptors (Lipinski definition) is 4. The van der Waals surface area contributed by atoms with Gasteiger partial charge in [-0.3, -0.25) is 0 Å². The highest BCUT2D eigenvalue weighted by Crippen LogP contribution is 2.39. The average molecular weight is 339 g/mol. The van der Waals surface area contributed by atoms with Gasteiger partial charge in [-0.2, -0.15) is 4.99 Å². The Bertz CT molecular complexity index is 819. The zero-order valence-electron chi connectivity index (χ0n) is 15.0. The number of aliphatic hydroxyl groups excluding tert-OH is 1. The highest BCUT2D eigenvalue weighted by Gasteiger charge is 2.39. The highest BCUT2D eigenvalue weighted by molar-refractivity contribution is 6.01. The van der Waals surface area contributed by atoms with Crippen molar-refractivity contribution in [2.24, 2.45) is 4.99 Å². The number of hydrogen-bond donors (Lipinski definition) is 1. The molecule has 0 saturated heterocycles. The Morgan fingerprint density at radius 1 is 0.840 bits per heavy atom. The van der Waals surface area contributed by atoms with Crippen molar-refractivity contribution in [1.82, 2.24) is 0 Å². The summed E-state index contributed by atoms with van der Waals surface area (Å²) in [6.45, 7) is -0.0910. The molecule has 5 heteroatoms. The third-order valence-electron chi connectivity index (χ3n) is 4.54. The minimum Gasteiger partial charge on any atom is -0.497 e. The number of amidine groups is 1. The van der Waals surface area contributed by atoms with Crippen LogP contribution < -0.4 is 9.47 Å². The Hall–Kier alpha value is -2.63. The molecule has 0 aliphatic carbocycles. The number of nitrogens with zero attached hydrogens (tertiary/aromatic N) is 2. The van der Waals surface area contributed by atoms with E-state index in [1.165, 1.54) is 0 Å². The lowest BCUT2D eigenvalue weighted by molar-refractivity contribution is -0.719. The van der Waals surface area contributed by atoms with Crippen molar-refractivity contribution < 1.29 is 19.1 Å². The molecule has 0 radical (unpaired) electrons. The molecule has 0 fully saturated rings. The van der Waals surface area contributed by atoms with E-state index in [1.54, 1.807) is 14.2 Å². The molecule has 3 rings (SSSR count). The lowest BCUT2D eigenvalue weighted by Gasteiger charge is -2.27. The lowest BCUT2D eigenvalue weighted by atomic mass is 10.0. The number of likely N-dealkylation sites (N-methyl/N-ethyl adjacent to an activating group) is 1. The first-order chi connectivity index (χ1) is 12.0. The summed E-state index contributed by atoms with van der Waals surface area (Å²) in [5.41, 5.74) is 3.93. The Morgan fingerprint density at radius 3 is 1.76 bits per heavy atom. The molecule has 0 atom stereocenters. The highest BCUT2D eigenvalue weighted by atomic mass is 16.5. The molecule has 0 saturated carbocycles. The van der Waals surface area contributed by atoms with Crippen molar-refractivity contribution in [2.75, 3.05) is 34.9 Å². The molecule has 1 heterocycles. The van der Waals surface area contributed by atoms with E-state index in [2.05, 4.69) is 0 Å². The summed E-state index contributed by atoms with van der Waals surface area (Å²) in [6, 6.07) is 15.7.